The Morgan fingerprint density at radius 2 is 2.19 bits per heavy atom. The number of ether oxygens (including phenoxy) is 2. The van der Waals surface area contributed by atoms with E-state index in [-0.39, 0.29) is 12.0 Å². The van der Waals surface area contributed by atoms with E-state index in [0.717, 1.165) is 19.6 Å². The first-order chi connectivity index (χ1) is 7.61. The molecule has 0 aliphatic carbocycles. The molecular weight excluding hydrogens is 206 g/mol. The highest BCUT2D eigenvalue weighted by atomic mass is 16.6. The van der Waals surface area contributed by atoms with E-state index in [0.29, 0.717) is 25.0 Å². The zero-order valence-electron chi connectivity index (χ0n) is 10.5. The number of carbonyl (C=O) groups is 1. The average molecular weight is 229 g/mol. The normalized spacial score (nSPS) is 25.0. The summed E-state index contributed by atoms with van der Waals surface area (Å²) in [6, 6.07) is -0.120. The fourth-order valence-electron chi connectivity index (χ4n) is 1.76. The van der Waals surface area contributed by atoms with Crippen LogP contribution in [0.5, 0.6) is 0 Å². The van der Waals surface area contributed by atoms with E-state index in [2.05, 4.69) is 26.1 Å². The summed E-state index contributed by atoms with van der Waals surface area (Å²) in [4.78, 5) is 11.6. The average Bonchev–Trinajstić information content (AvgIpc) is 2.63. The van der Waals surface area contributed by atoms with Crippen molar-refractivity contribution in [1.29, 1.82) is 0 Å². The lowest BCUT2D eigenvalue weighted by molar-refractivity contribution is -0.148. The Morgan fingerprint density at radius 3 is 2.75 bits per heavy atom. The molecule has 0 radical (unpaired) electrons. The minimum atomic E-state index is -0.141. The van der Waals surface area contributed by atoms with Gasteiger partial charge in [-0.25, -0.2) is 0 Å². The van der Waals surface area contributed by atoms with Gasteiger partial charge in [-0.2, -0.15) is 0 Å². The quantitative estimate of drug-likeness (QED) is 0.549. The molecule has 1 fully saturated rings. The first-order valence-corrected chi connectivity index (χ1v) is 6.09. The first kappa shape index (κ1) is 13.5. The SMILES string of the molecule is CC(C)COCCOC(=O)C1NCCC1C. The summed E-state index contributed by atoms with van der Waals surface area (Å²) in [5, 5.41) is 3.15. The van der Waals surface area contributed by atoms with Crippen molar-refractivity contribution in [2.24, 2.45) is 11.8 Å². The molecule has 1 N–H and O–H groups in total. The molecule has 0 bridgehead atoms. The lowest BCUT2D eigenvalue weighted by Crippen LogP contribution is -2.36. The van der Waals surface area contributed by atoms with Crippen molar-refractivity contribution in [3.8, 4) is 0 Å². The van der Waals surface area contributed by atoms with Crippen LogP contribution in [0, 0.1) is 11.8 Å². The maximum atomic E-state index is 11.6. The summed E-state index contributed by atoms with van der Waals surface area (Å²) in [5.74, 6) is 0.759. The Bertz CT molecular complexity index is 218. The van der Waals surface area contributed by atoms with Crippen LogP contribution in [0.25, 0.3) is 0 Å². The van der Waals surface area contributed by atoms with E-state index in [1.807, 2.05) is 0 Å². The van der Waals surface area contributed by atoms with Gasteiger partial charge in [-0.05, 0) is 24.8 Å². The second-order valence-corrected chi connectivity index (χ2v) is 4.83. The monoisotopic (exact) mass is 229 g/mol. The Labute approximate surface area is 97.7 Å². The van der Waals surface area contributed by atoms with E-state index in [4.69, 9.17) is 9.47 Å². The standard InChI is InChI=1S/C12H23NO3/c1-9(2)8-15-6-7-16-12(14)11-10(3)4-5-13-11/h9-11,13H,4-8H2,1-3H3. The number of esters is 1. The predicted molar refractivity (Wildman–Crippen MR) is 62.2 cm³/mol. The van der Waals surface area contributed by atoms with Crippen LogP contribution in [0.4, 0.5) is 0 Å². The molecule has 2 atom stereocenters. The molecule has 4 heteroatoms. The second-order valence-electron chi connectivity index (χ2n) is 4.83. The summed E-state index contributed by atoms with van der Waals surface area (Å²) in [7, 11) is 0. The van der Waals surface area contributed by atoms with Gasteiger partial charge in [0.2, 0.25) is 0 Å². The van der Waals surface area contributed by atoms with Crippen LogP contribution in [-0.2, 0) is 14.3 Å². The molecule has 2 unspecified atom stereocenters. The summed E-state index contributed by atoms with van der Waals surface area (Å²) in [6.45, 7) is 8.73. The van der Waals surface area contributed by atoms with Crippen molar-refractivity contribution in [2.75, 3.05) is 26.4 Å². The van der Waals surface area contributed by atoms with Gasteiger partial charge in [0.1, 0.15) is 12.6 Å². The van der Waals surface area contributed by atoms with Crippen LogP contribution in [0.3, 0.4) is 0 Å². The van der Waals surface area contributed by atoms with Crippen LogP contribution >= 0.6 is 0 Å². The molecule has 1 heterocycles. The molecule has 0 amide bonds. The fourth-order valence-corrected chi connectivity index (χ4v) is 1.76. The molecule has 4 nitrogen and oxygen atoms in total. The van der Waals surface area contributed by atoms with Crippen LogP contribution in [0.2, 0.25) is 0 Å². The third kappa shape index (κ3) is 4.49. The number of nitrogens with one attached hydrogen (secondary N) is 1. The second kappa shape index (κ2) is 6.86. The molecule has 1 aliphatic rings. The van der Waals surface area contributed by atoms with Crippen LogP contribution in [-0.4, -0.2) is 38.4 Å². The van der Waals surface area contributed by atoms with Crippen molar-refractivity contribution in [3.05, 3.63) is 0 Å². The lowest BCUT2D eigenvalue weighted by Gasteiger charge is -2.14. The molecular formula is C12H23NO3. The van der Waals surface area contributed by atoms with Crippen molar-refractivity contribution >= 4 is 5.97 Å². The van der Waals surface area contributed by atoms with Gasteiger partial charge < -0.3 is 14.8 Å². The Morgan fingerprint density at radius 1 is 1.44 bits per heavy atom. The minimum absolute atomic E-state index is 0.120. The Hall–Kier alpha value is -0.610. The topological polar surface area (TPSA) is 47.6 Å². The van der Waals surface area contributed by atoms with E-state index in [1.54, 1.807) is 0 Å². The number of rotatable bonds is 6. The van der Waals surface area contributed by atoms with Crippen molar-refractivity contribution in [3.63, 3.8) is 0 Å². The Kier molecular flexibility index (Phi) is 5.77. The fraction of sp³-hybridized carbons (Fsp3) is 0.917. The molecule has 1 saturated heterocycles. The predicted octanol–water partition coefficient (Wildman–Crippen LogP) is 1.20. The lowest BCUT2D eigenvalue weighted by atomic mass is 10.0. The number of carbonyl (C=O) groups excluding carboxylic acids is 1. The highest BCUT2D eigenvalue weighted by Crippen LogP contribution is 2.15. The van der Waals surface area contributed by atoms with Gasteiger partial charge in [0.15, 0.2) is 0 Å². The smallest absolute Gasteiger partial charge is 0.323 e. The van der Waals surface area contributed by atoms with Crippen molar-refractivity contribution in [1.82, 2.24) is 5.32 Å². The van der Waals surface area contributed by atoms with E-state index in [1.165, 1.54) is 0 Å². The van der Waals surface area contributed by atoms with Gasteiger partial charge in [0.05, 0.1) is 6.61 Å². The zero-order valence-corrected chi connectivity index (χ0v) is 10.5. The molecule has 0 saturated carbocycles. The molecule has 16 heavy (non-hydrogen) atoms. The molecule has 94 valence electrons. The van der Waals surface area contributed by atoms with Gasteiger partial charge >= 0.3 is 5.97 Å². The molecule has 0 spiro atoms. The van der Waals surface area contributed by atoms with Gasteiger partial charge in [0, 0.05) is 6.61 Å². The van der Waals surface area contributed by atoms with E-state index < -0.39 is 0 Å². The number of hydrogen-bond acceptors (Lipinski definition) is 4. The van der Waals surface area contributed by atoms with Gasteiger partial charge in [-0.15, -0.1) is 0 Å². The summed E-state index contributed by atoms with van der Waals surface area (Å²) < 4.78 is 10.5. The van der Waals surface area contributed by atoms with Crippen LogP contribution < -0.4 is 5.32 Å². The summed E-state index contributed by atoms with van der Waals surface area (Å²) in [5.41, 5.74) is 0. The molecule has 0 aromatic carbocycles. The van der Waals surface area contributed by atoms with Gasteiger partial charge in [0.25, 0.3) is 0 Å². The van der Waals surface area contributed by atoms with Crippen molar-refractivity contribution in [2.45, 2.75) is 33.2 Å². The third-order valence-corrected chi connectivity index (χ3v) is 2.71. The first-order valence-electron chi connectivity index (χ1n) is 6.09. The zero-order chi connectivity index (χ0) is 12.0. The highest BCUT2D eigenvalue weighted by molar-refractivity contribution is 5.76. The van der Waals surface area contributed by atoms with Gasteiger partial charge in [-0.1, -0.05) is 20.8 Å². The number of hydrogen-bond donors (Lipinski definition) is 1. The molecule has 0 aromatic heterocycles. The summed E-state index contributed by atoms with van der Waals surface area (Å²) >= 11 is 0. The molecule has 0 aromatic rings. The largest absolute Gasteiger partial charge is 0.462 e. The van der Waals surface area contributed by atoms with Gasteiger partial charge in [-0.3, -0.25) is 4.79 Å². The van der Waals surface area contributed by atoms with Crippen LogP contribution in [0.15, 0.2) is 0 Å². The maximum absolute atomic E-state index is 11.6. The maximum Gasteiger partial charge on any atom is 0.323 e. The summed E-state index contributed by atoms with van der Waals surface area (Å²) in [6.07, 6.45) is 1.05. The third-order valence-electron chi connectivity index (χ3n) is 2.71. The highest BCUT2D eigenvalue weighted by Gasteiger charge is 2.30. The van der Waals surface area contributed by atoms with E-state index >= 15 is 0 Å². The van der Waals surface area contributed by atoms with E-state index in [9.17, 15) is 4.79 Å². The molecule has 1 rings (SSSR count). The van der Waals surface area contributed by atoms with Crippen LogP contribution in [0.1, 0.15) is 27.2 Å². The van der Waals surface area contributed by atoms with Crippen molar-refractivity contribution < 1.29 is 14.3 Å². The Balaban J connectivity index is 2.06. The molecule has 1 aliphatic heterocycles. The minimum Gasteiger partial charge on any atom is -0.462 e.